The zero-order valence-corrected chi connectivity index (χ0v) is 11.6. The molecular formula is C14H17ClFNO2. The lowest BCUT2D eigenvalue weighted by Crippen LogP contribution is -2.42. The van der Waals surface area contributed by atoms with Crippen molar-refractivity contribution >= 4 is 17.6 Å². The first-order valence-corrected chi connectivity index (χ1v) is 6.68. The minimum atomic E-state index is -0.746. The average molecular weight is 286 g/mol. The van der Waals surface area contributed by atoms with Gasteiger partial charge in [0.1, 0.15) is 5.82 Å². The molecule has 0 aliphatic carbocycles. The fourth-order valence-electron chi connectivity index (χ4n) is 2.31. The van der Waals surface area contributed by atoms with Gasteiger partial charge in [-0.1, -0.05) is 17.7 Å². The molecule has 3 nitrogen and oxygen atoms in total. The number of carboxylic acids is 1. The van der Waals surface area contributed by atoms with Gasteiger partial charge in [0.05, 0.1) is 5.41 Å². The molecule has 0 bridgehead atoms. The van der Waals surface area contributed by atoms with Crippen molar-refractivity contribution in [2.75, 3.05) is 13.1 Å². The molecule has 2 rings (SSSR count). The monoisotopic (exact) mass is 285 g/mol. The number of piperidine rings is 1. The van der Waals surface area contributed by atoms with Crippen LogP contribution in [0.15, 0.2) is 18.2 Å². The van der Waals surface area contributed by atoms with E-state index in [2.05, 4.69) is 4.90 Å². The molecule has 1 aliphatic rings. The van der Waals surface area contributed by atoms with Crippen LogP contribution in [0.3, 0.4) is 0 Å². The number of hydrogen-bond acceptors (Lipinski definition) is 2. The van der Waals surface area contributed by atoms with Gasteiger partial charge in [0.25, 0.3) is 0 Å². The zero-order valence-electron chi connectivity index (χ0n) is 10.8. The van der Waals surface area contributed by atoms with Gasteiger partial charge in [-0.25, -0.2) is 4.39 Å². The molecule has 1 saturated heterocycles. The third-order valence-electron chi connectivity index (χ3n) is 3.88. The van der Waals surface area contributed by atoms with Gasteiger partial charge in [-0.2, -0.15) is 0 Å². The Balaban J connectivity index is 1.98. The zero-order chi connectivity index (χ0) is 14.0. The Kier molecular flexibility index (Phi) is 4.11. The number of benzene rings is 1. The van der Waals surface area contributed by atoms with Crippen molar-refractivity contribution in [2.45, 2.75) is 26.3 Å². The summed E-state index contributed by atoms with van der Waals surface area (Å²) in [6.45, 7) is 3.62. The Bertz CT molecular complexity index is 484. The van der Waals surface area contributed by atoms with E-state index < -0.39 is 11.4 Å². The molecule has 19 heavy (non-hydrogen) atoms. The Morgan fingerprint density at radius 2 is 2.11 bits per heavy atom. The van der Waals surface area contributed by atoms with Crippen molar-refractivity contribution in [3.8, 4) is 0 Å². The third kappa shape index (κ3) is 3.25. The second-order valence-electron chi connectivity index (χ2n) is 5.38. The Morgan fingerprint density at radius 1 is 1.47 bits per heavy atom. The van der Waals surface area contributed by atoms with Crippen molar-refractivity contribution in [1.82, 2.24) is 4.90 Å². The standard InChI is InChI=1S/C14H17ClFNO2/c1-14(13(18)19)4-6-17(7-5-14)9-10-2-3-11(15)8-12(10)16/h2-3,8H,4-7,9H2,1H3,(H,18,19). The molecule has 1 aromatic rings. The van der Waals surface area contributed by atoms with Crippen molar-refractivity contribution < 1.29 is 14.3 Å². The largest absolute Gasteiger partial charge is 0.481 e. The molecule has 0 unspecified atom stereocenters. The van der Waals surface area contributed by atoms with E-state index in [4.69, 9.17) is 16.7 Å². The quantitative estimate of drug-likeness (QED) is 0.927. The molecule has 1 aliphatic heterocycles. The van der Waals surface area contributed by atoms with E-state index >= 15 is 0 Å². The number of rotatable bonds is 3. The summed E-state index contributed by atoms with van der Waals surface area (Å²) < 4.78 is 13.7. The Labute approximate surface area is 117 Å². The van der Waals surface area contributed by atoms with Gasteiger partial charge in [-0.15, -0.1) is 0 Å². The SMILES string of the molecule is CC1(C(=O)O)CCN(Cc2ccc(Cl)cc2F)CC1. The highest BCUT2D eigenvalue weighted by molar-refractivity contribution is 6.30. The maximum Gasteiger partial charge on any atom is 0.309 e. The first kappa shape index (κ1) is 14.3. The van der Waals surface area contributed by atoms with E-state index in [0.29, 0.717) is 43.1 Å². The smallest absolute Gasteiger partial charge is 0.309 e. The van der Waals surface area contributed by atoms with Crippen LogP contribution in [0.4, 0.5) is 4.39 Å². The average Bonchev–Trinajstić information content (AvgIpc) is 2.35. The van der Waals surface area contributed by atoms with Gasteiger partial charge in [-0.05, 0) is 45.0 Å². The van der Waals surface area contributed by atoms with Crippen LogP contribution in [-0.2, 0) is 11.3 Å². The molecule has 1 N–H and O–H groups in total. The van der Waals surface area contributed by atoms with Crippen LogP contribution in [0.5, 0.6) is 0 Å². The van der Waals surface area contributed by atoms with Crippen LogP contribution in [-0.4, -0.2) is 29.1 Å². The lowest BCUT2D eigenvalue weighted by atomic mass is 9.80. The van der Waals surface area contributed by atoms with Crippen molar-refractivity contribution in [3.63, 3.8) is 0 Å². The van der Waals surface area contributed by atoms with Crippen LogP contribution in [0, 0.1) is 11.2 Å². The van der Waals surface area contributed by atoms with Crippen molar-refractivity contribution in [2.24, 2.45) is 5.41 Å². The fourth-order valence-corrected chi connectivity index (χ4v) is 2.47. The maximum atomic E-state index is 13.7. The predicted molar refractivity (Wildman–Crippen MR) is 71.7 cm³/mol. The van der Waals surface area contributed by atoms with Crippen LogP contribution < -0.4 is 0 Å². The van der Waals surface area contributed by atoms with Crippen LogP contribution in [0.2, 0.25) is 5.02 Å². The topological polar surface area (TPSA) is 40.5 Å². The number of hydrogen-bond donors (Lipinski definition) is 1. The summed E-state index contributed by atoms with van der Waals surface area (Å²) in [4.78, 5) is 13.2. The fraction of sp³-hybridized carbons (Fsp3) is 0.500. The molecule has 0 radical (unpaired) electrons. The number of nitrogens with zero attached hydrogens (tertiary/aromatic N) is 1. The Hall–Kier alpha value is -1.13. The lowest BCUT2D eigenvalue weighted by molar-refractivity contribution is -0.150. The summed E-state index contributed by atoms with van der Waals surface area (Å²) in [6.07, 6.45) is 1.19. The molecule has 0 saturated carbocycles. The van der Waals surface area contributed by atoms with Gasteiger partial charge < -0.3 is 5.11 Å². The summed E-state index contributed by atoms with van der Waals surface area (Å²) in [6, 6.07) is 4.66. The van der Waals surface area contributed by atoms with Crippen LogP contribution >= 0.6 is 11.6 Å². The van der Waals surface area contributed by atoms with Gasteiger partial charge in [-0.3, -0.25) is 9.69 Å². The molecule has 0 atom stereocenters. The molecule has 1 aromatic carbocycles. The van der Waals surface area contributed by atoms with E-state index in [9.17, 15) is 9.18 Å². The number of likely N-dealkylation sites (tertiary alicyclic amines) is 1. The lowest BCUT2D eigenvalue weighted by Gasteiger charge is -2.36. The van der Waals surface area contributed by atoms with E-state index in [1.54, 1.807) is 19.1 Å². The van der Waals surface area contributed by atoms with Gasteiger partial charge in [0.2, 0.25) is 0 Å². The summed E-state index contributed by atoms with van der Waals surface area (Å²) in [5.41, 5.74) is -0.0435. The summed E-state index contributed by atoms with van der Waals surface area (Å²) in [5, 5.41) is 9.54. The van der Waals surface area contributed by atoms with Gasteiger partial charge in [0, 0.05) is 17.1 Å². The highest BCUT2D eigenvalue weighted by Crippen LogP contribution is 2.31. The highest BCUT2D eigenvalue weighted by Gasteiger charge is 2.36. The van der Waals surface area contributed by atoms with E-state index in [1.165, 1.54) is 6.07 Å². The molecule has 0 spiro atoms. The first-order chi connectivity index (χ1) is 8.90. The highest BCUT2D eigenvalue weighted by atomic mass is 35.5. The van der Waals surface area contributed by atoms with E-state index in [1.807, 2.05) is 0 Å². The third-order valence-corrected chi connectivity index (χ3v) is 4.12. The van der Waals surface area contributed by atoms with Gasteiger partial charge in [0.15, 0.2) is 0 Å². The molecule has 0 amide bonds. The summed E-state index contributed by atoms with van der Waals surface area (Å²) >= 11 is 5.71. The summed E-state index contributed by atoms with van der Waals surface area (Å²) in [7, 11) is 0. The maximum absolute atomic E-state index is 13.7. The molecule has 1 heterocycles. The summed E-state index contributed by atoms with van der Waals surface area (Å²) in [5.74, 6) is -1.05. The van der Waals surface area contributed by atoms with Crippen LogP contribution in [0.25, 0.3) is 0 Å². The molecule has 5 heteroatoms. The second kappa shape index (κ2) is 5.47. The van der Waals surface area contributed by atoms with E-state index in [0.717, 1.165) is 0 Å². The number of halogens is 2. The predicted octanol–water partition coefficient (Wildman–Crippen LogP) is 3.17. The van der Waals surface area contributed by atoms with Crippen molar-refractivity contribution in [1.29, 1.82) is 0 Å². The van der Waals surface area contributed by atoms with Crippen molar-refractivity contribution in [3.05, 3.63) is 34.6 Å². The Morgan fingerprint density at radius 3 is 2.63 bits per heavy atom. The molecule has 1 fully saturated rings. The minimum absolute atomic E-state index is 0.306. The number of aliphatic carboxylic acids is 1. The minimum Gasteiger partial charge on any atom is -0.481 e. The van der Waals surface area contributed by atoms with Gasteiger partial charge >= 0.3 is 5.97 Å². The molecular weight excluding hydrogens is 269 g/mol. The molecule has 104 valence electrons. The molecule has 0 aromatic heterocycles. The second-order valence-corrected chi connectivity index (χ2v) is 5.81. The number of carbonyl (C=O) groups is 1. The normalized spacial score (nSPS) is 19.3. The number of carboxylic acid groups (broad SMARTS) is 1. The van der Waals surface area contributed by atoms with Crippen LogP contribution in [0.1, 0.15) is 25.3 Å². The van der Waals surface area contributed by atoms with E-state index in [-0.39, 0.29) is 5.82 Å². The first-order valence-electron chi connectivity index (χ1n) is 6.30.